The molecule has 29 heavy (non-hydrogen) atoms. The zero-order chi connectivity index (χ0) is 20.2. The Morgan fingerprint density at radius 3 is 2.59 bits per heavy atom. The summed E-state index contributed by atoms with van der Waals surface area (Å²) in [5.74, 6) is 1.04. The highest BCUT2D eigenvalue weighted by molar-refractivity contribution is 7.07. The monoisotopic (exact) mass is 409 g/mol. The lowest BCUT2D eigenvalue weighted by Crippen LogP contribution is -2.29. The van der Waals surface area contributed by atoms with Crippen LogP contribution in [-0.4, -0.2) is 30.7 Å². The van der Waals surface area contributed by atoms with Gasteiger partial charge >= 0.3 is 0 Å². The van der Waals surface area contributed by atoms with E-state index in [0.29, 0.717) is 29.1 Å². The van der Waals surface area contributed by atoms with Crippen LogP contribution in [0.1, 0.15) is 5.56 Å². The fraction of sp³-hybridized carbons (Fsp3) is 0.190. The molecule has 8 heteroatoms. The van der Waals surface area contributed by atoms with Crippen molar-refractivity contribution in [2.45, 2.75) is 6.54 Å². The molecular formula is C21H19N3O4S. The van der Waals surface area contributed by atoms with Gasteiger partial charge in [0.05, 0.1) is 18.2 Å². The van der Waals surface area contributed by atoms with Crippen molar-refractivity contribution in [2.75, 3.05) is 25.6 Å². The van der Waals surface area contributed by atoms with E-state index in [-0.39, 0.29) is 18.1 Å². The highest BCUT2D eigenvalue weighted by Crippen LogP contribution is 2.16. The van der Waals surface area contributed by atoms with Crippen LogP contribution in [-0.2, 0) is 11.3 Å². The third kappa shape index (κ3) is 4.38. The standard InChI is InChI=1S/C21H19N3O4S/c1-27-16-8-4-15(5-9-16)23-19(25)13-28-17-6-2-14(3-7-17)12-18-20(26)24-11-10-22-21(24)29-18/h2-9,12H,10-11,13H2,1H3,(H,23,25)/b18-12+. The lowest BCUT2D eigenvalue weighted by Gasteiger charge is -2.08. The van der Waals surface area contributed by atoms with Crippen LogP contribution in [0.4, 0.5) is 5.69 Å². The Morgan fingerprint density at radius 1 is 1.17 bits per heavy atom. The summed E-state index contributed by atoms with van der Waals surface area (Å²) in [6.45, 7) is 1.24. The molecule has 4 rings (SSSR count). The predicted molar refractivity (Wildman–Crippen MR) is 111 cm³/mol. The predicted octanol–water partition coefficient (Wildman–Crippen LogP) is 1.40. The van der Waals surface area contributed by atoms with E-state index in [1.54, 1.807) is 48.1 Å². The fourth-order valence-electron chi connectivity index (χ4n) is 2.90. The second kappa shape index (κ2) is 8.32. The minimum absolute atomic E-state index is 0.00165. The third-order valence-corrected chi connectivity index (χ3v) is 5.42. The van der Waals surface area contributed by atoms with Crippen molar-refractivity contribution in [2.24, 2.45) is 4.99 Å². The average molecular weight is 409 g/mol. The summed E-state index contributed by atoms with van der Waals surface area (Å²) in [5.41, 5.74) is 1.56. The molecule has 1 aliphatic heterocycles. The Bertz CT molecular complexity index is 1190. The zero-order valence-electron chi connectivity index (χ0n) is 15.8. The van der Waals surface area contributed by atoms with Crippen molar-refractivity contribution >= 4 is 29.0 Å². The van der Waals surface area contributed by atoms with E-state index < -0.39 is 0 Å². The van der Waals surface area contributed by atoms with Gasteiger partial charge in [0, 0.05) is 12.2 Å². The van der Waals surface area contributed by atoms with Crippen molar-refractivity contribution in [1.82, 2.24) is 4.57 Å². The molecular weight excluding hydrogens is 390 g/mol. The number of amides is 1. The van der Waals surface area contributed by atoms with Gasteiger partial charge < -0.3 is 14.8 Å². The molecule has 0 radical (unpaired) electrons. The lowest BCUT2D eigenvalue weighted by atomic mass is 10.2. The SMILES string of the molecule is COc1ccc(NC(=O)COc2ccc(/C=c3/sc4n(c3=O)CCN=4)cc2)cc1. The molecule has 1 N–H and O–H groups in total. The Morgan fingerprint density at radius 2 is 1.90 bits per heavy atom. The van der Waals surface area contributed by atoms with E-state index in [4.69, 9.17) is 9.47 Å². The number of nitrogens with one attached hydrogen (secondary N) is 1. The maximum Gasteiger partial charge on any atom is 0.270 e. The summed E-state index contributed by atoms with van der Waals surface area (Å²) in [6.07, 6.45) is 1.84. The van der Waals surface area contributed by atoms with E-state index in [1.807, 2.05) is 18.2 Å². The number of hydrogen-bond donors (Lipinski definition) is 1. The molecule has 1 amide bonds. The van der Waals surface area contributed by atoms with Crippen LogP contribution in [0, 0.1) is 0 Å². The van der Waals surface area contributed by atoms with E-state index in [1.165, 1.54) is 11.3 Å². The summed E-state index contributed by atoms with van der Waals surface area (Å²) in [6, 6.07) is 14.3. The number of carbonyl (C=O) groups excluding carboxylic acids is 1. The van der Waals surface area contributed by atoms with Crippen LogP contribution in [0.2, 0.25) is 0 Å². The number of anilines is 1. The van der Waals surface area contributed by atoms with Gasteiger partial charge in [0.15, 0.2) is 11.4 Å². The first-order valence-electron chi connectivity index (χ1n) is 9.05. The van der Waals surface area contributed by atoms with Crippen LogP contribution in [0.3, 0.4) is 0 Å². The molecule has 0 atom stereocenters. The van der Waals surface area contributed by atoms with Gasteiger partial charge in [-0.25, -0.2) is 0 Å². The lowest BCUT2D eigenvalue weighted by molar-refractivity contribution is -0.118. The number of nitrogens with zero attached hydrogens (tertiary/aromatic N) is 2. The number of thiazole rings is 1. The first-order valence-corrected chi connectivity index (χ1v) is 9.87. The van der Waals surface area contributed by atoms with Gasteiger partial charge in [0.1, 0.15) is 11.5 Å². The molecule has 1 aromatic heterocycles. The molecule has 7 nitrogen and oxygen atoms in total. The first kappa shape index (κ1) is 18.9. The van der Waals surface area contributed by atoms with Crippen LogP contribution < -0.4 is 29.7 Å². The Balaban J connectivity index is 1.36. The van der Waals surface area contributed by atoms with Gasteiger partial charge in [-0.2, -0.15) is 0 Å². The molecule has 0 aliphatic carbocycles. The Labute approximate surface area is 170 Å². The number of carbonyl (C=O) groups is 1. The maximum absolute atomic E-state index is 12.3. The van der Waals surface area contributed by atoms with Crippen molar-refractivity contribution in [3.8, 4) is 11.5 Å². The van der Waals surface area contributed by atoms with Crippen LogP contribution in [0.15, 0.2) is 58.3 Å². The van der Waals surface area contributed by atoms with Gasteiger partial charge in [0.2, 0.25) is 0 Å². The summed E-state index contributed by atoms with van der Waals surface area (Å²) in [5, 5.41) is 2.76. The normalized spacial score (nSPS) is 12.9. The molecule has 0 fully saturated rings. The second-order valence-electron chi connectivity index (χ2n) is 6.37. The topological polar surface area (TPSA) is 81.9 Å². The number of hydrogen-bond acceptors (Lipinski definition) is 6. The number of rotatable bonds is 6. The van der Waals surface area contributed by atoms with Crippen LogP contribution in [0.25, 0.3) is 6.08 Å². The second-order valence-corrected chi connectivity index (χ2v) is 7.38. The largest absolute Gasteiger partial charge is 0.497 e. The molecule has 0 saturated carbocycles. The molecule has 148 valence electrons. The molecule has 2 heterocycles. The summed E-state index contributed by atoms with van der Waals surface area (Å²) in [4.78, 5) is 29.4. The molecule has 0 unspecified atom stereocenters. The first-order chi connectivity index (χ1) is 14.1. The van der Waals surface area contributed by atoms with E-state index in [0.717, 1.165) is 16.1 Å². The summed E-state index contributed by atoms with van der Waals surface area (Å²) >= 11 is 1.40. The van der Waals surface area contributed by atoms with Crippen molar-refractivity contribution in [1.29, 1.82) is 0 Å². The molecule has 0 bridgehead atoms. The van der Waals surface area contributed by atoms with E-state index >= 15 is 0 Å². The van der Waals surface area contributed by atoms with Gasteiger partial charge in [-0.3, -0.25) is 19.1 Å². The number of aromatic nitrogens is 1. The quantitative estimate of drug-likeness (QED) is 0.667. The number of ether oxygens (including phenoxy) is 2. The highest BCUT2D eigenvalue weighted by atomic mass is 32.1. The van der Waals surface area contributed by atoms with Crippen molar-refractivity contribution in [3.63, 3.8) is 0 Å². The minimum atomic E-state index is -0.254. The van der Waals surface area contributed by atoms with Crippen molar-refractivity contribution in [3.05, 3.63) is 73.8 Å². The summed E-state index contributed by atoms with van der Waals surface area (Å²) in [7, 11) is 1.59. The van der Waals surface area contributed by atoms with Gasteiger partial charge in [-0.1, -0.05) is 23.5 Å². The molecule has 1 aliphatic rings. The van der Waals surface area contributed by atoms with Crippen molar-refractivity contribution < 1.29 is 14.3 Å². The van der Waals surface area contributed by atoms with Crippen LogP contribution >= 0.6 is 11.3 Å². The Kier molecular flexibility index (Phi) is 5.44. The fourth-order valence-corrected chi connectivity index (χ4v) is 3.93. The summed E-state index contributed by atoms with van der Waals surface area (Å²) < 4.78 is 13.0. The Hall–Kier alpha value is -3.39. The molecule has 0 saturated heterocycles. The average Bonchev–Trinajstić information content (AvgIpc) is 3.31. The zero-order valence-corrected chi connectivity index (χ0v) is 16.6. The third-order valence-electron chi connectivity index (χ3n) is 4.38. The van der Waals surface area contributed by atoms with Gasteiger partial charge in [-0.05, 0) is 48.0 Å². The molecule has 3 aromatic rings. The molecule has 2 aromatic carbocycles. The number of fused-ring (bicyclic) bond motifs is 1. The van der Waals surface area contributed by atoms with Gasteiger partial charge in [-0.15, -0.1) is 0 Å². The van der Waals surface area contributed by atoms with E-state index in [9.17, 15) is 9.59 Å². The number of benzene rings is 2. The maximum atomic E-state index is 12.3. The molecule has 0 spiro atoms. The number of methoxy groups -OCH3 is 1. The van der Waals surface area contributed by atoms with Crippen LogP contribution in [0.5, 0.6) is 11.5 Å². The van der Waals surface area contributed by atoms with E-state index in [2.05, 4.69) is 10.3 Å². The highest BCUT2D eigenvalue weighted by Gasteiger charge is 2.09. The van der Waals surface area contributed by atoms with Gasteiger partial charge in [0.25, 0.3) is 11.5 Å². The minimum Gasteiger partial charge on any atom is -0.497 e. The smallest absolute Gasteiger partial charge is 0.270 e.